The number of hydrogen-bond donors (Lipinski definition) is 0. The number of nitrogens with zero attached hydrogens (tertiary/aromatic N) is 5. The maximum atomic E-state index is 6.60. The third kappa shape index (κ3) is 3.30. The molecule has 128 valence electrons. The summed E-state index contributed by atoms with van der Waals surface area (Å²) in [4.78, 5) is 18.0. The molecule has 6 heteroatoms. The molecule has 1 aromatic carbocycles. The van der Waals surface area contributed by atoms with E-state index in [1.807, 2.05) is 24.4 Å². The number of para-hydroxylation sites is 1. The molecular weight excluding hydrogens is 334 g/mol. The zero-order chi connectivity index (χ0) is 17.2. The minimum atomic E-state index is 0.777. The second kappa shape index (κ2) is 6.94. The number of rotatable bonds is 3. The van der Waals surface area contributed by atoms with Crippen LogP contribution in [0, 0.1) is 6.92 Å². The third-order valence-corrected chi connectivity index (χ3v) is 5.27. The lowest BCUT2D eigenvalue weighted by atomic mass is 10.1. The first kappa shape index (κ1) is 16.2. The van der Waals surface area contributed by atoms with E-state index in [2.05, 4.69) is 32.8 Å². The van der Waals surface area contributed by atoms with Crippen molar-refractivity contribution in [2.75, 3.05) is 31.1 Å². The van der Waals surface area contributed by atoms with E-state index < -0.39 is 0 Å². The topological polar surface area (TPSA) is 45.2 Å². The van der Waals surface area contributed by atoms with Crippen LogP contribution in [0.25, 0.3) is 10.9 Å². The number of pyridine rings is 1. The Morgan fingerprint density at radius 1 is 1.08 bits per heavy atom. The van der Waals surface area contributed by atoms with Gasteiger partial charge in [-0.3, -0.25) is 9.88 Å². The van der Waals surface area contributed by atoms with E-state index >= 15 is 0 Å². The van der Waals surface area contributed by atoms with E-state index in [4.69, 9.17) is 16.6 Å². The monoisotopic (exact) mass is 353 g/mol. The molecule has 0 spiro atoms. The van der Waals surface area contributed by atoms with Crippen molar-refractivity contribution >= 4 is 28.3 Å². The van der Waals surface area contributed by atoms with Gasteiger partial charge in [0, 0.05) is 50.5 Å². The molecule has 0 unspecified atom stereocenters. The van der Waals surface area contributed by atoms with E-state index in [-0.39, 0.29) is 0 Å². The summed E-state index contributed by atoms with van der Waals surface area (Å²) in [5.74, 6) is 0.944. The highest BCUT2D eigenvalue weighted by molar-refractivity contribution is 6.32. The second-order valence-electron chi connectivity index (χ2n) is 6.34. The number of hydrogen-bond acceptors (Lipinski definition) is 5. The summed E-state index contributed by atoms with van der Waals surface area (Å²) in [6.07, 6.45) is 5.26. The van der Waals surface area contributed by atoms with E-state index in [1.165, 1.54) is 0 Å². The Kier molecular flexibility index (Phi) is 4.51. The molecule has 2 aromatic heterocycles. The number of halogens is 1. The van der Waals surface area contributed by atoms with Gasteiger partial charge >= 0.3 is 0 Å². The summed E-state index contributed by atoms with van der Waals surface area (Å²) >= 11 is 6.60. The molecule has 0 radical (unpaired) electrons. The van der Waals surface area contributed by atoms with Crippen LogP contribution in [0.2, 0.25) is 5.02 Å². The lowest BCUT2D eigenvalue weighted by Crippen LogP contribution is -2.46. The molecule has 1 aliphatic rings. The molecule has 5 nitrogen and oxygen atoms in total. The van der Waals surface area contributed by atoms with Crippen molar-refractivity contribution in [2.45, 2.75) is 13.5 Å². The summed E-state index contributed by atoms with van der Waals surface area (Å²) in [7, 11) is 0. The van der Waals surface area contributed by atoms with Crippen molar-refractivity contribution in [1.82, 2.24) is 19.9 Å². The Morgan fingerprint density at radius 2 is 1.88 bits per heavy atom. The van der Waals surface area contributed by atoms with Crippen LogP contribution in [-0.4, -0.2) is 46.0 Å². The lowest BCUT2D eigenvalue weighted by molar-refractivity contribution is 0.247. The molecule has 1 aliphatic heterocycles. The predicted molar refractivity (Wildman–Crippen MR) is 101 cm³/mol. The van der Waals surface area contributed by atoms with Gasteiger partial charge in [-0.25, -0.2) is 9.97 Å². The Bertz CT molecular complexity index is 876. The van der Waals surface area contributed by atoms with Gasteiger partial charge in [-0.2, -0.15) is 0 Å². The van der Waals surface area contributed by atoms with Gasteiger partial charge in [-0.15, -0.1) is 0 Å². The molecule has 0 saturated carbocycles. The molecule has 0 amide bonds. The average molecular weight is 354 g/mol. The molecule has 1 saturated heterocycles. The van der Waals surface area contributed by atoms with E-state index in [0.717, 1.165) is 65.7 Å². The maximum absolute atomic E-state index is 6.60. The fourth-order valence-corrected chi connectivity index (χ4v) is 3.53. The highest BCUT2D eigenvalue weighted by Gasteiger charge is 2.20. The fraction of sp³-hybridized carbons (Fsp3) is 0.316. The average Bonchev–Trinajstić information content (AvgIpc) is 2.67. The van der Waals surface area contributed by atoms with Crippen LogP contribution in [0.5, 0.6) is 0 Å². The van der Waals surface area contributed by atoms with Crippen molar-refractivity contribution in [3.63, 3.8) is 0 Å². The van der Waals surface area contributed by atoms with Gasteiger partial charge in [0.05, 0.1) is 22.4 Å². The van der Waals surface area contributed by atoms with Crippen LogP contribution in [0.4, 0.5) is 5.82 Å². The summed E-state index contributed by atoms with van der Waals surface area (Å²) < 4.78 is 0. The number of aromatic nitrogens is 3. The van der Waals surface area contributed by atoms with Gasteiger partial charge in [0.15, 0.2) is 0 Å². The van der Waals surface area contributed by atoms with E-state index in [9.17, 15) is 0 Å². The quantitative estimate of drug-likeness (QED) is 0.722. The molecule has 0 bridgehead atoms. The molecule has 3 aromatic rings. The van der Waals surface area contributed by atoms with Gasteiger partial charge < -0.3 is 4.90 Å². The molecule has 0 aliphatic carbocycles. The summed E-state index contributed by atoms with van der Waals surface area (Å²) in [6.45, 7) is 6.63. The summed E-state index contributed by atoms with van der Waals surface area (Å²) in [6, 6.07) is 8.17. The van der Waals surface area contributed by atoms with Crippen molar-refractivity contribution in [2.24, 2.45) is 0 Å². The number of aryl methyl sites for hydroxylation is 1. The van der Waals surface area contributed by atoms with Crippen LogP contribution < -0.4 is 4.90 Å². The predicted octanol–water partition coefficient (Wildman–Crippen LogP) is 3.31. The van der Waals surface area contributed by atoms with Crippen molar-refractivity contribution < 1.29 is 0 Å². The fourth-order valence-electron chi connectivity index (χ4n) is 3.32. The normalized spacial score (nSPS) is 15.7. The molecule has 3 heterocycles. The highest BCUT2D eigenvalue weighted by atomic mass is 35.5. The van der Waals surface area contributed by atoms with Crippen molar-refractivity contribution in [3.05, 3.63) is 59.1 Å². The van der Waals surface area contributed by atoms with Gasteiger partial charge in [0.25, 0.3) is 0 Å². The minimum absolute atomic E-state index is 0.777. The number of piperazine rings is 1. The molecule has 25 heavy (non-hydrogen) atoms. The highest BCUT2D eigenvalue weighted by Crippen LogP contribution is 2.28. The third-order valence-electron chi connectivity index (χ3n) is 4.77. The van der Waals surface area contributed by atoms with Crippen LogP contribution >= 0.6 is 11.6 Å². The second-order valence-corrected chi connectivity index (χ2v) is 6.72. The van der Waals surface area contributed by atoms with Gasteiger partial charge in [-0.05, 0) is 18.6 Å². The molecule has 0 N–H and O–H groups in total. The molecular formula is C19H20ClN5. The maximum Gasteiger partial charge on any atom is 0.147 e. The first-order chi connectivity index (χ1) is 12.2. The number of anilines is 1. The lowest BCUT2D eigenvalue weighted by Gasteiger charge is -2.35. The van der Waals surface area contributed by atoms with Crippen molar-refractivity contribution in [3.8, 4) is 0 Å². The Balaban J connectivity index is 1.49. The van der Waals surface area contributed by atoms with Crippen LogP contribution in [0.1, 0.15) is 11.3 Å². The zero-order valence-electron chi connectivity index (χ0n) is 14.2. The van der Waals surface area contributed by atoms with Gasteiger partial charge in [0.1, 0.15) is 5.82 Å². The largest absolute Gasteiger partial charge is 0.353 e. The van der Waals surface area contributed by atoms with E-state index in [0.29, 0.717) is 0 Å². The van der Waals surface area contributed by atoms with Crippen LogP contribution in [0.3, 0.4) is 0 Å². The smallest absolute Gasteiger partial charge is 0.147 e. The zero-order valence-corrected chi connectivity index (χ0v) is 14.9. The number of fused-ring (bicyclic) bond motifs is 1. The number of benzene rings is 1. The standard InChI is InChI=1S/C19H20ClN5/c1-14-15-4-2-3-5-16(15)23-17(19(14)20)13-24-8-10-25(11-9-24)18-12-21-6-7-22-18/h2-7,12H,8-11,13H2,1H3. The molecule has 4 rings (SSSR count). The Morgan fingerprint density at radius 3 is 2.64 bits per heavy atom. The van der Waals surface area contributed by atoms with Gasteiger partial charge in [-0.1, -0.05) is 29.8 Å². The van der Waals surface area contributed by atoms with Crippen LogP contribution in [-0.2, 0) is 6.54 Å². The first-order valence-electron chi connectivity index (χ1n) is 8.49. The summed E-state index contributed by atoms with van der Waals surface area (Å²) in [5, 5.41) is 1.92. The first-order valence-corrected chi connectivity index (χ1v) is 8.87. The van der Waals surface area contributed by atoms with Crippen molar-refractivity contribution in [1.29, 1.82) is 0 Å². The van der Waals surface area contributed by atoms with E-state index in [1.54, 1.807) is 12.4 Å². The molecule has 0 atom stereocenters. The minimum Gasteiger partial charge on any atom is -0.353 e. The van der Waals surface area contributed by atoms with Gasteiger partial charge in [0.2, 0.25) is 0 Å². The SMILES string of the molecule is Cc1c(Cl)c(CN2CCN(c3cnccn3)CC2)nc2ccccc12. The Hall–Kier alpha value is -2.24. The molecule has 1 fully saturated rings. The summed E-state index contributed by atoms with van der Waals surface area (Å²) in [5.41, 5.74) is 3.09. The van der Waals surface area contributed by atoms with Crippen LogP contribution in [0.15, 0.2) is 42.9 Å². The Labute approximate surface area is 152 Å².